The van der Waals surface area contributed by atoms with Gasteiger partial charge in [0.25, 0.3) is 0 Å². The van der Waals surface area contributed by atoms with Gasteiger partial charge in [-0.15, -0.1) is 6.42 Å². The van der Waals surface area contributed by atoms with Crippen molar-refractivity contribution in [1.29, 1.82) is 0 Å². The van der Waals surface area contributed by atoms with Gasteiger partial charge in [0.2, 0.25) is 0 Å². The van der Waals surface area contributed by atoms with Crippen LogP contribution >= 0.6 is 0 Å². The Bertz CT molecular complexity index is 190. The molecule has 1 saturated heterocycles. The van der Waals surface area contributed by atoms with Crippen LogP contribution in [-0.4, -0.2) is 46.4 Å². The van der Waals surface area contributed by atoms with E-state index < -0.39 is 0 Å². The summed E-state index contributed by atoms with van der Waals surface area (Å²) in [6, 6.07) is 0.254. The summed E-state index contributed by atoms with van der Waals surface area (Å²) in [5, 5.41) is 0. The Morgan fingerprint density at radius 2 is 2.46 bits per heavy atom. The van der Waals surface area contributed by atoms with Gasteiger partial charge in [-0.1, -0.05) is 5.92 Å². The molecule has 0 saturated carbocycles. The molecule has 3 nitrogen and oxygen atoms in total. The lowest BCUT2D eigenvalue weighted by Crippen LogP contribution is -2.28. The highest BCUT2D eigenvalue weighted by molar-refractivity contribution is 6.11. The highest BCUT2D eigenvalue weighted by Crippen LogP contribution is 2.20. The SMILES string of the molecule is B[C@H]1CC(OC)[C@@H](COCC#C)O1. The first kappa shape index (κ1) is 10.6. The molecule has 4 heteroatoms. The summed E-state index contributed by atoms with van der Waals surface area (Å²) in [4.78, 5) is 0. The molecule has 1 fully saturated rings. The Kier molecular flexibility index (Phi) is 4.30. The van der Waals surface area contributed by atoms with Gasteiger partial charge in [0.15, 0.2) is 0 Å². The van der Waals surface area contributed by atoms with Crippen LogP contribution in [0.25, 0.3) is 0 Å². The lowest BCUT2D eigenvalue weighted by Gasteiger charge is -2.16. The monoisotopic (exact) mass is 182 g/mol. The quantitative estimate of drug-likeness (QED) is 0.330. The number of rotatable bonds is 4. The topological polar surface area (TPSA) is 27.7 Å². The summed E-state index contributed by atoms with van der Waals surface area (Å²) in [6.45, 7) is 0.859. The van der Waals surface area contributed by atoms with Crippen LogP contribution in [0.1, 0.15) is 6.42 Å². The first-order valence-electron chi connectivity index (χ1n) is 4.47. The van der Waals surface area contributed by atoms with Crippen LogP contribution in [0.15, 0.2) is 0 Å². The van der Waals surface area contributed by atoms with Crippen molar-refractivity contribution in [3.8, 4) is 12.3 Å². The van der Waals surface area contributed by atoms with Crippen molar-refractivity contribution >= 4 is 7.85 Å². The zero-order chi connectivity index (χ0) is 9.68. The van der Waals surface area contributed by atoms with Gasteiger partial charge in [-0.2, -0.15) is 0 Å². The van der Waals surface area contributed by atoms with E-state index in [4.69, 9.17) is 20.6 Å². The number of hydrogen-bond acceptors (Lipinski definition) is 3. The van der Waals surface area contributed by atoms with Gasteiger partial charge in [-0.3, -0.25) is 0 Å². The van der Waals surface area contributed by atoms with Gasteiger partial charge in [0.05, 0.1) is 12.7 Å². The Morgan fingerprint density at radius 3 is 3.08 bits per heavy atom. The van der Waals surface area contributed by atoms with E-state index in [9.17, 15) is 0 Å². The van der Waals surface area contributed by atoms with Gasteiger partial charge >= 0.3 is 0 Å². The van der Waals surface area contributed by atoms with Crippen LogP contribution in [-0.2, 0) is 14.2 Å². The van der Waals surface area contributed by atoms with E-state index in [1.807, 2.05) is 7.85 Å². The molecule has 13 heavy (non-hydrogen) atoms. The van der Waals surface area contributed by atoms with Crippen molar-refractivity contribution in [2.45, 2.75) is 24.6 Å². The molecule has 1 unspecified atom stereocenters. The van der Waals surface area contributed by atoms with E-state index in [0.29, 0.717) is 13.2 Å². The number of ether oxygens (including phenoxy) is 3. The van der Waals surface area contributed by atoms with Gasteiger partial charge < -0.3 is 14.2 Å². The first-order chi connectivity index (χ1) is 6.27. The van der Waals surface area contributed by atoms with Crippen molar-refractivity contribution in [2.75, 3.05) is 20.3 Å². The Balaban J connectivity index is 2.27. The fourth-order valence-corrected chi connectivity index (χ4v) is 1.55. The van der Waals surface area contributed by atoms with Crippen LogP contribution in [0.4, 0.5) is 0 Å². The third kappa shape index (κ3) is 3.04. The van der Waals surface area contributed by atoms with Crippen molar-refractivity contribution in [3.63, 3.8) is 0 Å². The predicted molar refractivity (Wildman–Crippen MR) is 52.3 cm³/mol. The molecule has 1 aliphatic rings. The molecule has 0 amide bonds. The minimum atomic E-state index is 0.0355. The molecule has 0 bridgehead atoms. The van der Waals surface area contributed by atoms with Crippen LogP contribution in [0.2, 0.25) is 0 Å². The normalized spacial score (nSPS) is 33.1. The zero-order valence-corrected chi connectivity index (χ0v) is 8.16. The number of methoxy groups -OCH3 is 1. The molecular formula is C9H15BO3. The molecule has 0 aromatic heterocycles. The van der Waals surface area contributed by atoms with E-state index in [-0.39, 0.29) is 18.2 Å². The Labute approximate surface area is 80.1 Å². The lowest BCUT2D eigenvalue weighted by molar-refractivity contribution is -0.0367. The number of terminal acetylenes is 1. The molecule has 1 aliphatic heterocycles. The van der Waals surface area contributed by atoms with Gasteiger partial charge in [-0.25, -0.2) is 0 Å². The standard InChI is InChI=1S/C9H15BO3/c1-3-4-12-6-8-7(11-2)5-9(10)13-8/h1,7-9H,4-6,10H2,2H3/t7?,8-,9-/m1/s1. The molecule has 0 aliphatic carbocycles. The van der Waals surface area contributed by atoms with E-state index in [1.54, 1.807) is 7.11 Å². The molecule has 0 aromatic carbocycles. The molecular weight excluding hydrogens is 167 g/mol. The van der Waals surface area contributed by atoms with Crippen molar-refractivity contribution in [1.82, 2.24) is 0 Å². The molecule has 3 atom stereocenters. The fraction of sp³-hybridized carbons (Fsp3) is 0.778. The highest BCUT2D eigenvalue weighted by atomic mass is 16.6. The van der Waals surface area contributed by atoms with Crippen LogP contribution < -0.4 is 0 Å². The summed E-state index contributed by atoms with van der Waals surface area (Å²) >= 11 is 0. The van der Waals surface area contributed by atoms with Crippen molar-refractivity contribution in [2.24, 2.45) is 0 Å². The van der Waals surface area contributed by atoms with E-state index >= 15 is 0 Å². The zero-order valence-electron chi connectivity index (χ0n) is 8.16. The second-order valence-corrected chi connectivity index (χ2v) is 3.21. The lowest BCUT2D eigenvalue weighted by atomic mass is 9.96. The molecule has 0 radical (unpaired) electrons. The maximum atomic E-state index is 5.59. The van der Waals surface area contributed by atoms with Gasteiger partial charge in [-0.05, 0) is 6.42 Å². The second kappa shape index (κ2) is 5.28. The predicted octanol–water partition coefficient (Wildman–Crippen LogP) is -0.601. The maximum Gasteiger partial charge on any atom is 0.139 e. The summed E-state index contributed by atoms with van der Waals surface area (Å²) < 4.78 is 16.1. The maximum absolute atomic E-state index is 5.59. The van der Waals surface area contributed by atoms with Crippen LogP contribution in [0, 0.1) is 12.3 Å². The van der Waals surface area contributed by atoms with Crippen molar-refractivity contribution in [3.05, 3.63) is 0 Å². The summed E-state index contributed by atoms with van der Waals surface area (Å²) in [7, 11) is 3.73. The third-order valence-corrected chi connectivity index (χ3v) is 2.16. The molecule has 1 heterocycles. The fourth-order valence-electron chi connectivity index (χ4n) is 1.55. The summed E-state index contributed by atoms with van der Waals surface area (Å²) in [6.07, 6.45) is 6.17. The highest BCUT2D eigenvalue weighted by Gasteiger charge is 2.32. The average molecular weight is 182 g/mol. The minimum absolute atomic E-state index is 0.0355. The molecule has 1 rings (SSSR count). The smallest absolute Gasteiger partial charge is 0.139 e. The van der Waals surface area contributed by atoms with Gasteiger partial charge in [0.1, 0.15) is 20.6 Å². The Hall–Kier alpha value is -0.495. The van der Waals surface area contributed by atoms with Crippen LogP contribution in [0.5, 0.6) is 0 Å². The average Bonchev–Trinajstić information content (AvgIpc) is 2.47. The van der Waals surface area contributed by atoms with Gasteiger partial charge in [0, 0.05) is 13.1 Å². The van der Waals surface area contributed by atoms with Crippen molar-refractivity contribution < 1.29 is 14.2 Å². The van der Waals surface area contributed by atoms with Crippen LogP contribution in [0.3, 0.4) is 0 Å². The number of hydrogen-bond donors (Lipinski definition) is 0. The second-order valence-electron chi connectivity index (χ2n) is 3.21. The molecule has 0 aromatic rings. The summed E-state index contributed by atoms with van der Waals surface area (Å²) in [5.41, 5.74) is 0. The van der Waals surface area contributed by atoms with E-state index in [0.717, 1.165) is 6.42 Å². The molecule has 0 spiro atoms. The summed E-state index contributed by atoms with van der Waals surface area (Å²) in [5.74, 6) is 2.42. The largest absolute Gasteiger partial charge is 0.379 e. The first-order valence-corrected chi connectivity index (χ1v) is 4.47. The minimum Gasteiger partial charge on any atom is -0.379 e. The Morgan fingerprint density at radius 1 is 1.69 bits per heavy atom. The third-order valence-electron chi connectivity index (χ3n) is 2.16. The molecule has 0 N–H and O–H groups in total. The molecule has 72 valence electrons. The van der Waals surface area contributed by atoms with E-state index in [2.05, 4.69) is 5.92 Å². The van der Waals surface area contributed by atoms with E-state index in [1.165, 1.54) is 0 Å².